The number of hydrogen-bond acceptors (Lipinski definition) is 5. The van der Waals surface area contributed by atoms with Crippen molar-refractivity contribution in [1.29, 1.82) is 0 Å². The summed E-state index contributed by atoms with van der Waals surface area (Å²) in [4.78, 5) is 19.0. The zero-order valence-corrected chi connectivity index (χ0v) is 17.6. The molecule has 0 saturated carbocycles. The fourth-order valence-corrected chi connectivity index (χ4v) is 3.70. The van der Waals surface area contributed by atoms with Gasteiger partial charge in [0.05, 0.1) is 18.7 Å². The third kappa shape index (κ3) is 4.01. The van der Waals surface area contributed by atoms with Crippen LogP contribution in [-0.4, -0.2) is 34.7 Å². The Morgan fingerprint density at radius 3 is 2.77 bits per heavy atom. The van der Waals surface area contributed by atoms with Crippen LogP contribution in [0.1, 0.15) is 37.8 Å². The quantitative estimate of drug-likeness (QED) is 0.618. The minimum Gasteiger partial charge on any atom is -0.497 e. The van der Waals surface area contributed by atoms with Gasteiger partial charge in [-0.05, 0) is 43.2 Å². The first-order valence-electron chi connectivity index (χ1n) is 10.0. The molecule has 0 radical (unpaired) electrons. The molecule has 1 unspecified atom stereocenters. The van der Waals surface area contributed by atoms with E-state index in [1.165, 1.54) is 12.1 Å². The minimum absolute atomic E-state index is 0.245. The largest absolute Gasteiger partial charge is 0.497 e. The van der Waals surface area contributed by atoms with Crippen molar-refractivity contribution in [3.8, 4) is 17.1 Å². The zero-order chi connectivity index (χ0) is 22.0. The van der Waals surface area contributed by atoms with Crippen molar-refractivity contribution in [2.75, 3.05) is 13.7 Å². The number of nitrogens with zero attached hydrogens (tertiary/aromatic N) is 3. The molecule has 1 aromatic heterocycles. The number of aromatic nitrogens is 2. The maximum atomic E-state index is 13.9. The predicted octanol–water partition coefficient (Wildman–Crippen LogP) is 4.79. The summed E-state index contributed by atoms with van der Waals surface area (Å²) in [6.45, 7) is 4.37. The lowest BCUT2D eigenvalue weighted by atomic mass is 9.94. The minimum atomic E-state index is -0.616. The molecule has 1 aliphatic heterocycles. The van der Waals surface area contributed by atoms with Crippen LogP contribution in [0.5, 0.6) is 5.75 Å². The summed E-state index contributed by atoms with van der Waals surface area (Å²) in [6.07, 6.45) is 0.779. The molecule has 1 N–H and O–H groups in total. The number of ether oxygens (including phenoxy) is 1. The van der Waals surface area contributed by atoms with E-state index < -0.39 is 6.04 Å². The molecule has 1 aliphatic rings. The van der Waals surface area contributed by atoms with Crippen molar-refractivity contribution in [2.24, 2.45) is 0 Å². The van der Waals surface area contributed by atoms with E-state index in [-0.39, 0.29) is 17.7 Å². The molecule has 31 heavy (non-hydrogen) atoms. The molecule has 2 amide bonds. The number of halogens is 1. The molecule has 3 aromatic rings. The molecular formula is C23H23FN4O3. The first kappa shape index (κ1) is 20.6. The third-order valence-corrected chi connectivity index (χ3v) is 5.21. The van der Waals surface area contributed by atoms with Crippen LogP contribution in [0.2, 0.25) is 0 Å². The maximum Gasteiger partial charge on any atom is 0.322 e. The lowest BCUT2D eigenvalue weighted by Crippen LogP contribution is -2.46. The van der Waals surface area contributed by atoms with Crippen LogP contribution in [0.4, 0.5) is 9.18 Å². The second-order valence-electron chi connectivity index (χ2n) is 7.24. The highest BCUT2D eigenvalue weighted by Gasteiger charge is 2.35. The Kier molecular flexibility index (Phi) is 5.70. The average Bonchev–Trinajstić information content (AvgIpc) is 3.26. The number of methoxy groups -OCH3 is 1. The van der Waals surface area contributed by atoms with Gasteiger partial charge in [-0.2, -0.15) is 4.98 Å². The van der Waals surface area contributed by atoms with Crippen LogP contribution in [-0.2, 0) is 0 Å². The number of carbonyl (C=O) groups is 1. The third-order valence-electron chi connectivity index (χ3n) is 5.21. The first-order chi connectivity index (χ1) is 15.0. The second-order valence-corrected chi connectivity index (χ2v) is 7.24. The molecule has 0 fully saturated rings. The lowest BCUT2D eigenvalue weighted by Gasteiger charge is -2.35. The highest BCUT2D eigenvalue weighted by Crippen LogP contribution is 2.37. The van der Waals surface area contributed by atoms with Gasteiger partial charge in [-0.25, -0.2) is 9.18 Å². The Morgan fingerprint density at radius 1 is 1.23 bits per heavy atom. The standard InChI is InChI=1S/C23H23FN4O3/c1-4-11-28-14(2)19(20(25-23(28)29)15-7-5-9-17(24)12-15)22-26-21(27-31-22)16-8-6-10-18(13-16)30-3/h5-10,12-13,20H,4,11H2,1-3H3,(H,25,29). The van der Waals surface area contributed by atoms with Gasteiger partial charge in [-0.1, -0.05) is 36.3 Å². The smallest absolute Gasteiger partial charge is 0.322 e. The molecule has 1 atom stereocenters. The summed E-state index contributed by atoms with van der Waals surface area (Å²) >= 11 is 0. The SMILES string of the molecule is CCCN1C(=O)NC(c2cccc(F)c2)C(c2nc(-c3cccc(OC)c3)no2)=C1C. The number of allylic oxidation sites excluding steroid dienone is 1. The van der Waals surface area contributed by atoms with Crippen molar-refractivity contribution >= 4 is 11.6 Å². The van der Waals surface area contributed by atoms with Crippen LogP contribution in [0.25, 0.3) is 17.0 Å². The summed E-state index contributed by atoms with van der Waals surface area (Å²) in [7, 11) is 1.59. The number of rotatable bonds is 6. The molecule has 2 aromatic carbocycles. The number of carbonyl (C=O) groups excluding carboxylic acids is 1. The fraction of sp³-hybridized carbons (Fsp3) is 0.261. The number of amides is 2. The Hall–Kier alpha value is -3.68. The fourth-order valence-electron chi connectivity index (χ4n) is 3.70. The van der Waals surface area contributed by atoms with Gasteiger partial charge in [-0.15, -0.1) is 0 Å². The van der Waals surface area contributed by atoms with E-state index in [4.69, 9.17) is 9.26 Å². The summed E-state index contributed by atoms with van der Waals surface area (Å²) in [5.74, 6) is 0.954. The molecule has 4 rings (SSSR count). The monoisotopic (exact) mass is 422 g/mol. The summed E-state index contributed by atoms with van der Waals surface area (Å²) in [6, 6.07) is 12.6. The van der Waals surface area contributed by atoms with Crippen molar-refractivity contribution in [3.63, 3.8) is 0 Å². The van der Waals surface area contributed by atoms with E-state index in [2.05, 4.69) is 15.5 Å². The van der Waals surface area contributed by atoms with Crippen LogP contribution in [0, 0.1) is 5.82 Å². The molecule has 0 saturated heterocycles. The van der Waals surface area contributed by atoms with Crippen molar-refractivity contribution < 1.29 is 18.4 Å². The maximum absolute atomic E-state index is 13.9. The average molecular weight is 422 g/mol. The summed E-state index contributed by atoms with van der Waals surface area (Å²) < 4.78 is 24.8. The summed E-state index contributed by atoms with van der Waals surface area (Å²) in [5, 5.41) is 7.08. The van der Waals surface area contributed by atoms with Gasteiger partial charge in [0.2, 0.25) is 5.82 Å². The molecule has 2 heterocycles. The highest BCUT2D eigenvalue weighted by molar-refractivity contribution is 5.86. The van der Waals surface area contributed by atoms with Gasteiger partial charge in [0.1, 0.15) is 11.6 Å². The van der Waals surface area contributed by atoms with Gasteiger partial charge in [-0.3, -0.25) is 4.90 Å². The van der Waals surface area contributed by atoms with Gasteiger partial charge < -0.3 is 14.6 Å². The van der Waals surface area contributed by atoms with Crippen molar-refractivity contribution in [3.05, 3.63) is 71.5 Å². The number of nitrogens with one attached hydrogen (secondary N) is 1. The van der Waals surface area contributed by atoms with E-state index in [0.29, 0.717) is 35.0 Å². The Balaban J connectivity index is 1.81. The number of benzene rings is 2. The van der Waals surface area contributed by atoms with Crippen molar-refractivity contribution in [1.82, 2.24) is 20.4 Å². The molecule has 0 bridgehead atoms. The Labute approximate surface area is 179 Å². The Morgan fingerprint density at radius 2 is 2.03 bits per heavy atom. The lowest BCUT2D eigenvalue weighted by molar-refractivity contribution is 0.205. The number of urea groups is 1. The topological polar surface area (TPSA) is 80.5 Å². The van der Waals surface area contributed by atoms with E-state index in [9.17, 15) is 9.18 Å². The van der Waals surface area contributed by atoms with Crippen LogP contribution in [0.3, 0.4) is 0 Å². The van der Waals surface area contributed by atoms with Gasteiger partial charge >= 0.3 is 6.03 Å². The molecule has 160 valence electrons. The molecule has 0 aliphatic carbocycles. The zero-order valence-electron chi connectivity index (χ0n) is 17.6. The molecule has 8 heteroatoms. The number of hydrogen-bond donors (Lipinski definition) is 1. The van der Waals surface area contributed by atoms with Crippen LogP contribution >= 0.6 is 0 Å². The van der Waals surface area contributed by atoms with E-state index >= 15 is 0 Å². The second kappa shape index (κ2) is 8.59. The summed E-state index contributed by atoms with van der Waals surface area (Å²) in [5.41, 5.74) is 2.67. The molecule has 0 spiro atoms. The molecular weight excluding hydrogens is 399 g/mol. The van der Waals surface area contributed by atoms with Gasteiger partial charge in [0.25, 0.3) is 5.89 Å². The van der Waals surface area contributed by atoms with Crippen LogP contribution < -0.4 is 10.1 Å². The highest BCUT2D eigenvalue weighted by atomic mass is 19.1. The predicted molar refractivity (Wildman–Crippen MR) is 114 cm³/mol. The van der Waals surface area contributed by atoms with Gasteiger partial charge in [0.15, 0.2) is 0 Å². The van der Waals surface area contributed by atoms with Gasteiger partial charge in [0, 0.05) is 17.8 Å². The van der Waals surface area contributed by atoms with Crippen molar-refractivity contribution in [2.45, 2.75) is 26.3 Å². The Bertz CT molecular complexity index is 1140. The van der Waals surface area contributed by atoms with E-state index in [1.807, 2.05) is 38.1 Å². The van der Waals surface area contributed by atoms with E-state index in [0.717, 1.165) is 12.0 Å². The first-order valence-corrected chi connectivity index (χ1v) is 10.0. The van der Waals surface area contributed by atoms with E-state index in [1.54, 1.807) is 24.1 Å². The normalized spacial score (nSPS) is 16.5. The molecule has 7 nitrogen and oxygen atoms in total. The van der Waals surface area contributed by atoms with Crippen LogP contribution in [0.15, 0.2) is 58.8 Å².